The predicted molar refractivity (Wildman–Crippen MR) is 82.1 cm³/mol. The Labute approximate surface area is 118 Å². The first kappa shape index (κ1) is 15.3. The Morgan fingerprint density at radius 1 is 1.44 bits per heavy atom. The van der Waals surface area contributed by atoms with Crippen LogP contribution in [0, 0.1) is 0 Å². The summed E-state index contributed by atoms with van der Waals surface area (Å²) in [5, 5.41) is 9.64. The van der Waals surface area contributed by atoms with Gasteiger partial charge < -0.3 is 10.0 Å². The van der Waals surface area contributed by atoms with Gasteiger partial charge in [0.2, 0.25) is 0 Å². The second-order valence-corrected chi connectivity index (χ2v) is 6.31. The molecule has 0 bridgehead atoms. The van der Waals surface area contributed by atoms with Crippen LogP contribution in [0.4, 0.5) is 5.69 Å². The van der Waals surface area contributed by atoms with Crippen molar-refractivity contribution in [2.45, 2.75) is 39.3 Å². The lowest BCUT2D eigenvalue weighted by Crippen LogP contribution is -2.41. The van der Waals surface area contributed by atoms with Crippen LogP contribution in [0.1, 0.15) is 39.4 Å². The zero-order valence-corrected chi connectivity index (χ0v) is 13.2. The number of hydrogen-bond acceptors (Lipinski definition) is 2. The van der Waals surface area contributed by atoms with Crippen LogP contribution in [0.15, 0.2) is 35.3 Å². The number of aliphatic hydroxyl groups excluding tert-OH is 1. The number of nitrogens with zero attached hydrogens (tertiary/aromatic N) is 1. The molecule has 1 N–H and O–H groups in total. The number of halogens is 1. The molecule has 0 aliphatic heterocycles. The van der Waals surface area contributed by atoms with Gasteiger partial charge in [-0.3, -0.25) is 0 Å². The molecule has 0 heterocycles. The number of hydrogen-bond donors (Lipinski definition) is 1. The van der Waals surface area contributed by atoms with Crippen molar-refractivity contribution in [1.29, 1.82) is 0 Å². The summed E-state index contributed by atoms with van der Waals surface area (Å²) in [5.74, 6) is 0. The van der Waals surface area contributed by atoms with Gasteiger partial charge in [0.05, 0.1) is 6.10 Å². The fourth-order valence-electron chi connectivity index (χ4n) is 1.92. The van der Waals surface area contributed by atoms with Crippen molar-refractivity contribution in [1.82, 2.24) is 0 Å². The monoisotopic (exact) mass is 311 g/mol. The molecule has 100 valence electrons. The molecule has 3 heteroatoms. The highest BCUT2D eigenvalue weighted by molar-refractivity contribution is 9.10. The molecule has 0 amide bonds. The number of rotatable bonds is 4. The molecule has 0 saturated heterocycles. The Bertz CT molecular complexity index is 421. The standard InChI is InChI=1S/C15H22BrNO/c1-6-9-17(15(3,4)5)12-7-8-13(11(2)18)14(16)10-12/h6-8,10-11,18H,1,9H2,2-5H3/t11-/m1/s1. The van der Waals surface area contributed by atoms with Crippen molar-refractivity contribution in [3.05, 3.63) is 40.9 Å². The summed E-state index contributed by atoms with van der Waals surface area (Å²) in [6.45, 7) is 12.9. The van der Waals surface area contributed by atoms with Crippen LogP contribution in [0.2, 0.25) is 0 Å². The molecule has 1 atom stereocenters. The van der Waals surface area contributed by atoms with Gasteiger partial charge in [-0.1, -0.05) is 28.1 Å². The molecular formula is C15H22BrNO. The topological polar surface area (TPSA) is 23.5 Å². The lowest BCUT2D eigenvalue weighted by atomic mass is 10.0. The van der Waals surface area contributed by atoms with Gasteiger partial charge in [-0.05, 0) is 45.4 Å². The summed E-state index contributed by atoms with van der Waals surface area (Å²) in [4.78, 5) is 2.27. The molecule has 1 rings (SSSR count). The second kappa shape index (κ2) is 5.89. The average molecular weight is 312 g/mol. The molecule has 0 aliphatic rings. The van der Waals surface area contributed by atoms with Crippen molar-refractivity contribution in [2.75, 3.05) is 11.4 Å². The van der Waals surface area contributed by atoms with Crippen LogP contribution in [0.25, 0.3) is 0 Å². The molecule has 2 nitrogen and oxygen atoms in total. The smallest absolute Gasteiger partial charge is 0.0772 e. The third-order valence-corrected chi connectivity index (χ3v) is 3.55. The van der Waals surface area contributed by atoms with Crippen molar-refractivity contribution in [2.24, 2.45) is 0 Å². The lowest BCUT2D eigenvalue weighted by molar-refractivity contribution is 0.198. The largest absolute Gasteiger partial charge is 0.389 e. The van der Waals surface area contributed by atoms with E-state index < -0.39 is 6.10 Å². The first-order valence-corrected chi connectivity index (χ1v) is 6.92. The van der Waals surface area contributed by atoms with Crippen LogP contribution in [-0.2, 0) is 0 Å². The summed E-state index contributed by atoms with van der Waals surface area (Å²) in [7, 11) is 0. The van der Waals surface area contributed by atoms with Crippen LogP contribution < -0.4 is 4.90 Å². The molecular weight excluding hydrogens is 290 g/mol. The Morgan fingerprint density at radius 3 is 2.44 bits per heavy atom. The van der Waals surface area contributed by atoms with Crippen LogP contribution >= 0.6 is 15.9 Å². The summed E-state index contributed by atoms with van der Waals surface area (Å²) in [5.41, 5.74) is 2.06. The fourth-order valence-corrected chi connectivity index (χ4v) is 2.62. The van der Waals surface area contributed by atoms with Crippen molar-refractivity contribution >= 4 is 21.6 Å². The van der Waals surface area contributed by atoms with E-state index in [-0.39, 0.29) is 5.54 Å². The molecule has 0 spiro atoms. The van der Waals surface area contributed by atoms with Gasteiger partial charge >= 0.3 is 0 Å². The van der Waals surface area contributed by atoms with E-state index in [4.69, 9.17) is 0 Å². The Balaban J connectivity index is 3.15. The van der Waals surface area contributed by atoms with E-state index in [0.717, 1.165) is 22.3 Å². The zero-order valence-electron chi connectivity index (χ0n) is 11.6. The zero-order chi connectivity index (χ0) is 13.9. The fraction of sp³-hybridized carbons (Fsp3) is 0.467. The maximum Gasteiger partial charge on any atom is 0.0772 e. The minimum atomic E-state index is -0.462. The SMILES string of the molecule is C=CCN(c1ccc([C@@H](C)O)c(Br)c1)C(C)(C)C. The number of aliphatic hydroxyl groups is 1. The third-order valence-electron chi connectivity index (χ3n) is 2.87. The van der Waals surface area contributed by atoms with Crippen molar-refractivity contribution in [3.8, 4) is 0 Å². The molecule has 18 heavy (non-hydrogen) atoms. The molecule has 0 saturated carbocycles. The highest BCUT2D eigenvalue weighted by Gasteiger charge is 2.21. The summed E-state index contributed by atoms with van der Waals surface area (Å²) in [6, 6.07) is 6.06. The molecule has 0 aliphatic carbocycles. The number of anilines is 1. The highest BCUT2D eigenvalue weighted by atomic mass is 79.9. The van der Waals surface area contributed by atoms with Gasteiger partial charge in [0, 0.05) is 22.2 Å². The van der Waals surface area contributed by atoms with Gasteiger partial charge in [-0.25, -0.2) is 0 Å². The molecule has 0 radical (unpaired) electrons. The molecule has 0 fully saturated rings. The maximum absolute atomic E-state index is 9.64. The summed E-state index contributed by atoms with van der Waals surface area (Å²) < 4.78 is 0.938. The van der Waals surface area contributed by atoms with Gasteiger partial charge in [-0.2, -0.15) is 0 Å². The quantitative estimate of drug-likeness (QED) is 0.838. The van der Waals surface area contributed by atoms with E-state index in [1.54, 1.807) is 6.92 Å². The first-order chi connectivity index (χ1) is 8.27. The highest BCUT2D eigenvalue weighted by Crippen LogP contribution is 2.31. The van der Waals surface area contributed by atoms with E-state index in [1.807, 2.05) is 18.2 Å². The molecule has 1 aromatic rings. The van der Waals surface area contributed by atoms with Crippen LogP contribution in [0.5, 0.6) is 0 Å². The van der Waals surface area contributed by atoms with Crippen LogP contribution in [-0.4, -0.2) is 17.2 Å². The van der Waals surface area contributed by atoms with E-state index in [1.165, 1.54) is 0 Å². The third kappa shape index (κ3) is 3.59. The van der Waals surface area contributed by atoms with E-state index >= 15 is 0 Å². The molecule has 0 unspecified atom stereocenters. The molecule has 0 aromatic heterocycles. The minimum absolute atomic E-state index is 0.0278. The Hall–Kier alpha value is -0.800. The normalized spacial score (nSPS) is 13.2. The van der Waals surface area contributed by atoms with E-state index in [0.29, 0.717) is 0 Å². The van der Waals surface area contributed by atoms with Gasteiger partial charge in [0.1, 0.15) is 0 Å². The minimum Gasteiger partial charge on any atom is -0.389 e. The van der Waals surface area contributed by atoms with Gasteiger partial charge in [0.25, 0.3) is 0 Å². The summed E-state index contributed by atoms with van der Waals surface area (Å²) >= 11 is 3.52. The van der Waals surface area contributed by atoms with Gasteiger partial charge in [-0.15, -0.1) is 6.58 Å². The Kier molecular flexibility index (Phi) is 5.00. The van der Waals surface area contributed by atoms with Crippen molar-refractivity contribution in [3.63, 3.8) is 0 Å². The average Bonchev–Trinajstić information content (AvgIpc) is 2.23. The van der Waals surface area contributed by atoms with Gasteiger partial charge in [0.15, 0.2) is 0 Å². The number of benzene rings is 1. The molecule has 1 aromatic carbocycles. The van der Waals surface area contributed by atoms with Crippen LogP contribution in [0.3, 0.4) is 0 Å². The first-order valence-electron chi connectivity index (χ1n) is 6.13. The lowest BCUT2D eigenvalue weighted by Gasteiger charge is -2.37. The summed E-state index contributed by atoms with van der Waals surface area (Å²) in [6.07, 6.45) is 1.44. The predicted octanol–water partition coefficient (Wildman–Crippen LogP) is 4.29. The van der Waals surface area contributed by atoms with E-state index in [2.05, 4.69) is 54.2 Å². The van der Waals surface area contributed by atoms with E-state index in [9.17, 15) is 5.11 Å². The Morgan fingerprint density at radius 2 is 2.06 bits per heavy atom. The maximum atomic E-state index is 9.64. The van der Waals surface area contributed by atoms with Crippen molar-refractivity contribution < 1.29 is 5.11 Å². The second-order valence-electron chi connectivity index (χ2n) is 5.45.